The predicted molar refractivity (Wildman–Crippen MR) is 107 cm³/mol. The van der Waals surface area contributed by atoms with Crippen LogP contribution >= 0.6 is 27.5 Å². The van der Waals surface area contributed by atoms with Crippen LogP contribution < -0.4 is 9.64 Å². The van der Waals surface area contributed by atoms with E-state index >= 15 is 0 Å². The van der Waals surface area contributed by atoms with E-state index in [0.717, 1.165) is 54.2 Å². The molecule has 2 aromatic rings. The van der Waals surface area contributed by atoms with E-state index in [1.54, 1.807) is 13.3 Å². The number of aromatic nitrogens is 1. The molecule has 1 fully saturated rings. The van der Waals surface area contributed by atoms with E-state index in [4.69, 9.17) is 16.3 Å². The minimum Gasteiger partial charge on any atom is -0.496 e. The number of hydrogen-bond acceptors (Lipinski definition) is 4. The first-order valence-electron chi connectivity index (χ1n) is 8.53. The molecule has 1 aromatic carbocycles. The number of ether oxygens (including phenoxy) is 1. The van der Waals surface area contributed by atoms with E-state index in [1.165, 1.54) is 0 Å². The smallest absolute Gasteiger partial charge is 0.223 e. The fourth-order valence-corrected chi connectivity index (χ4v) is 3.71. The molecule has 0 N–H and O–H groups in total. The van der Waals surface area contributed by atoms with E-state index in [-0.39, 0.29) is 5.91 Å². The van der Waals surface area contributed by atoms with Crippen LogP contribution in [0.15, 0.2) is 41.0 Å². The van der Waals surface area contributed by atoms with Crippen LogP contribution in [0, 0.1) is 0 Å². The number of nitrogens with zero attached hydrogens (tertiary/aromatic N) is 3. The van der Waals surface area contributed by atoms with Crippen LogP contribution in [0.25, 0.3) is 0 Å². The van der Waals surface area contributed by atoms with Crippen molar-refractivity contribution in [2.75, 3.05) is 38.2 Å². The van der Waals surface area contributed by atoms with Gasteiger partial charge in [0.05, 0.1) is 16.6 Å². The molecule has 0 radical (unpaired) electrons. The number of methoxy groups -OCH3 is 1. The molecule has 5 nitrogen and oxygen atoms in total. The van der Waals surface area contributed by atoms with Crippen LogP contribution in [0.4, 0.5) is 5.82 Å². The summed E-state index contributed by atoms with van der Waals surface area (Å²) in [5.74, 6) is 1.90. The van der Waals surface area contributed by atoms with Gasteiger partial charge in [0.25, 0.3) is 0 Å². The molecule has 1 aromatic heterocycles. The summed E-state index contributed by atoms with van der Waals surface area (Å²) in [6.45, 7) is 3.01. The van der Waals surface area contributed by atoms with Crippen LogP contribution in [0.3, 0.4) is 0 Å². The lowest BCUT2D eigenvalue weighted by atomic mass is 10.1. The van der Waals surface area contributed by atoms with Crippen LogP contribution in [-0.4, -0.2) is 49.1 Å². The van der Waals surface area contributed by atoms with Gasteiger partial charge in [-0.1, -0.05) is 17.7 Å². The first kappa shape index (κ1) is 19.0. The third-order valence-electron chi connectivity index (χ3n) is 4.51. The Morgan fingerprint density at radius 1 is 1.23 bits per heavy atom. The number of carbonyl (C=O) groups excluding carboxylic acids is 1. The standard InChI is InChI=1S/C19H21BrClN3O2/c1-26-17-5-2-14(12-16(17)20)3-7-19(25)24-10-8-23(9-11-24)18-6-4-15(21)13-22-18/h2,4-6,12-13H,3,7-11H2,1H3. The molecule has 0 unspecified atom stereocenters. The van der Waals surface area contributed by atoms with Crippen molar-refractivity contribution < 1.29 is 9.53 Å². The van der Waals surface area contributed by atoms with Crippen molar-refractivity contribution in [1.29, 1.82) is 0 Å². The lowest BCUT2D eigenvalue weighted by Crippen LogP contribution is -2.49. The molecule has 138 valence electrons. The second-order valence-electron chi connectivity index (χ2n) is 6.17. The quantitative estimate of drug-likeness (QED) is 0.712. The molecule has 1 aliphatic rings. The zero-order chi connectivity index (χ0) is 18.5. The molecular formula is C19H21BrClN3O2. The third-order valence-corrected chi connectivity index (χ3v) is 5.36. The molecule has 7 heteroatoms. The van der Waals surface area contributed by atoms with Gasteiger partial charge >= 0.3 is 0 Å². The van der Waals surface area contributed by atoms with Gasteiger partial charge in [-0.2, -0.15) is 0 Å². The summed E-state index contributed by atoms with van der Waals surface area (Å²) < 4.78 is 6.15. The summed E-state index contributed by atoms with van der Waals surface area (Å²) in [7, 11) is 1.64. The number of amides is 1. The molecule has 26 heavy (non-hydrogen) atoms. The molecule has 0 aliphatic carbocycles. The number of halogens is 2. The number of carbonyl (C=O) groups is 1. The Morgan fingerprint density at radius 3 is 2.62 bits per heavy atom. The SMILES string of the molecule is COc1ccc(CCC(=O)N2CCN(c3ccc(Cl)cn3)CC2)cc1Br. The van der Waals surface area contributed by atoms with Gasteiger partial charge in [-0.25, -0.2) is 4.98 Å². The molecule has 0 spiro atoms. The average molecular weight is 439 g/mol. The van der Waals surface area contributed by atoms with Crippen molar-refractivity contribution in [3.05, 3.63) is 51.6 Å². The van der Waals surface area contributed by atoms with Gasteiger partial charge in [-0.05, 0) is 52.2 Å². The average Bonchev–Trinajstić information content (AvgIpc) is 2.67. The van der Waals surface area contributed by atoms with Crippen molar-refractivity contribution >= 4 is 39.3 Å². The van der Waals surface area contributed by atoms with Gasteiger partial charge in [0.1, 0.15) is 11.6 Å². The van der Waals surface area contributed by atoms with E-state index in [9.17, 15) is 4.79 Å². The number of benzene rings is 1. The summed E-state index contributed by atoms with van der Waals surface area (Å²) in [6, 6.07) is 9.69. The first-order valence-corrected chi connectivity index (χ1v) is 9.70. The van der Waals surface area contributed by atoms with Crippen LogP contribution in [0.2, 0.25) is 5.02 Å². The van der Waals surface area contributed by atoms with Crippen molar-refractivity contribution in [2.24, 2.45) is 0 Å². The normalized spacial score (nSPS) is 14.4. The Kier molecular flexibility index (Phi) is 6.38. The molecule has 1 aliphatic heterocycles. The summed E-state index contributed by atoms with van der Waals surface area (Å²) in [5.41, 5.74) is 1.12. The topological polar surface area (TPSA) is 45.7 Å². The minimum atomic E-state index is 0.195. The maximum atomic E-state index is 12.5. The Morgan fingerprint density at radius 2 is 2.00 bits per heavy atom. The Labute approximate surface area is 167 Å². The summed E-state index contributed by atoms with van der Waals surface area (Å²) in [4.78, 5) is 21.0. The Balaban J connectivity index is 1.49. The molecule has 2 heterocycles. The highest BCUT2D eigenvalue weighted by Crippen LogP contribution is 2.26. The largest absolute Gasteiger partial charge is 0.496 e. The maximum Gasteiger partial charge on any atom is 0.223 e. The monoisotopic (exact) mass is 437 g/mol. The second-order valence-corrected chi connectivity index (χ2v) is 7.46. The Bertz CT molecular complexity index is 762. The van der Waals surface area contributed by atoms with Gasteiger partial charge in [0.15, 0.2) is 0 Å². The van der Waals surface area contributed by atoms with Crippen molar-refractivity contribution in [3.63, 3.8) is 0 Å². The fourth-order valence-electron chi connectivity index (χ4n) is 3.01. The Hall–Kier alpha value is -1.79. The summed E-state index contributed by atoms with van der Waals surface area (Å²) in [6.07, 6.45) is 2.89. The molecular weight excluding hydrogens is 418 g/mol. The third kappa shape index (κ3) is 4.68. The number of piperazine rings is 1. The molecule has 3 rings (SSSR count). The van der Waals surface area contributed by atoms with Crippen LogP contribution in [0.1, 0.15) is 12.0 Å². The van der Waals surface area contributed by atoms with Crippen molar-refractivity contribution in [3.8, 4) is 5.75 Å². The number of hydrogen-bond donors (Lipinski definition) is 0. The highest BCUT2D eigenvalue weighted by molar-refractivity contribution is 9.10. The number of rotatable bonds is 5. The molecule has 1 amide bonds. The van der Waals surface area contributed by atoms with Gasteiger partial charge in [-0.15, -0.1) is 0 Å². The van der Waals surface area contributed by atoms with Crippen molar-refractivity contribution in [2.45, 2.75) is 12.8 Å². The minimum absolute atomic E-state index is 0.195. The van der Waals surface area contributed by atoms with Gasteiger partial charge in [0.2, 0.25) is 5.91 Å². The molecule has 1 saturated heterocycles. The molecule has 0 saturated carbocycles. The summed E-state index contributed by atoms with van der Waals surface area (Å²) >= 11 is 9.37. The van der Waals surface area contributed by atoms with E-state index in [1.807, 2.05) is 35.2 Å². The lowest BCUT2D eigenvalue weighted by molar-refractivity contribution is -0.131. The van der Waals surface area contributed by atoms with Gasteiger partial charge in [-0.3, -0.25) is 4.79 Å². The molecule has 0 atom stereocenters. The highest BCUT2D eigenvalue weighted by atomic mass is 79.9. The molecule has 0 bridgehead atoms. The zero-order valence-electron chi connectivity index (χ0n) is 14.6. The maximum absolute atomic E-state index is 12.5. The number of aryl methyl sites for hydroxylation is 1. The van der Waals surface area contributed by atoms with E-state index in [2.05, 4.69) is 25.8 Å². The lowest BCUT2D eigenvalue weighted by Gasteiger charge is -2.35. The first-order chi connectivity index (χ1) is 12.6. The highest BCUT2D eigenvalue weighted by Gasteiger charge is 2.21. The number of pyridine rings is 1. The fraction of sp³-hybridized carbons (Fsp3) is 0.368. The van der Waals surface area contributed by atoms with E-state index < -0.39 is 0 Å². The van der Waals surface area contributed by atoms with Crippen LogP contribution in [-0.2, 0) is 11.2 Å². The number of anilines is 1. The van der Waals surface area contributed by atoms with E-state index in [0.29, 0.717) is 11.4 Å². The van der Waals surface area contributed by atoms with Gasteiger partial charge in [0, 0.05) is 38.8 Å². The van der Waals surface area contributed by atoms with Crippen LogP contribution in [0.5, 0.6) is 5.75 Å². The predicted octanol–water partition coefficient (Wildman–Crippen LogP) is 3.79. The zero-order valence-corrected chi connectivity index (χ0v) is 17.0. The van der Waals surface area contributed by atoms with Gasteiger partial charge < -0.3 is 14.5 Å². The van der Waals surface area contributed by atoms with Crippen molar-refractivity contribution in [1.82, 2.24) is 9.88 Å². The second kappa shape index (κ2) is 8.73. The summed E-state index contributed by atoms with van der Waals surface area (Å²) in [5, 5.41) is 0.632.